The predicted octanol–water partition coefficient (Wildman–Crippen LogP) is 2.76. The molecule has 0 amide bonds. The molecule has 4 heteroatoms. The molecule has 0 aromatic carbocycles. The van der Waals surface area contributed by atoms with Crippen molar-refractivity contribution >= 4 is 11.5 Å². The molecule has 102 valence electrons. The van der Waals surface area contributed by atoms with Gasteiger partial charge in [-0.2, -0.15) is 0 Å². The number of nitrogens with one attached hydrogen (secondary N) is 1. The summed E-state index contributed by atoms with van der Waals surface area (Å²) in [5.74, 6) is 0.942. The molecule has 4 nitrogen and oxygen atoms in total. The van der Waals surface area contributed by atoms with E-state index in [1.807, 2.05) is 12.3 Å². The van der Waals surface area contributed by atoms with Gasteiger partial charge in [0.25, 0.3) is 0 Å². The molecule has 0 fully saturated rings. The topological polar surface area (TPSA) is 37.4 Å². The third kappa shape index (κ3) is 4.53. The molecule has 0 saturated heterocycles. The summed E-state index contributed by atoms with van der Waals surface area (Å²) in [7, 11) is 1.74. The monoisotopic (exact) mass is 251 g/mol. The second-order valence-corrected chi connectivity index (χ2v) is 4.61. The summed E-state index contributed by atoms with van der Waals surface area (Å²) in [6.45, 7) is 9.11. The molecule has 1 rings (SSSR count). The molecule has 0 radical (unpaired) electrons. The lowest BCUT2D eigenvalue weighted by Crippen LogP contribution is -2.33. The Morgan fingerprint density at radius 3 is 2.83 bits per heavy atom. The van der Waals surface area contributed by atoms with Gasteiger partial charge in [0.15, 0.2) is 0 Å². The van der Waals surface area contributed by atoms with Crippen LogP contribution in [0.15, 0.2) is 18.3 Å². The number of nitrogens with zero attached hydrogens (tertiary/aromatic N) is 2. The van der Waals surface area contributed by atoms with Crippen LogP contribution in [0.2, 0.25) is 0 Å². The zero-order valence-electron chi connectivity index (χ0n) is 11.9. The van der Waals surface area contributed by atoms with E-state index in [0.29, 0.717) is 6.04 Å². The lowest BCUT2D eigenvalue weighted by Gasteiger charge is -2.29. The van der Waals surface area contributed by atoms with Gasteiger partial charge in [-0.05, 0) is 26.3 Å². The normalized spacial score (nSPS) is 10.7. The van der Waals surface area contributed by atoms with E-state index in [9.17, 15) is 0 Å². The number of pyridine rings is 1. The molecule has 0 atom stereocenters. The largest absolute Gasteiger partial charge is 0.383 e. The second kappa shape index (κ2) is 7.93. The Bertz CT molecular complexity index is 342. The summed E-state index contributed by atoms with van der Waals surface area (Å²) < 4.78 is 5.17. The van der Waals surface area contributed by atoms with Crippen molar-refractivity contribution in [2.24, 2.45) is 0 Å². The first kappa shape index (κ1) is 14.8. The first-order chi connectivity index (χ1) is 8.69. The highest BCUT2D eigenvalue weighted by atomic mass is 16.5. The maximum absolute atomic E-state index is 5.17. The Hall–Kier alpha value is -1.29. The van der Waals surface area contributed by atoms with Gasteiger partial charge >= 0.3 is 0 Å². The molecule has 0 bridgehead atoms. The molecule has 0 spiro atoms. The third-order valence-corrected chi connectivity index (χ3v) is 2.79. The molecule has 0 aliphatic rings. The van der Waals surface area contributed by atoms with E-state index < -0.39 is 0 Å². The maximum atomic E-state index is 5.17. The molecule has 0 aliphatic heterocycles. The smallest absolute Gasteiger partial charge is 0.127 e. The average Bonchev–Trinajstić information content (AvgIpc) is 2.37. The minimum absolute atomic E-state index is 0.446. The maximum Gasteiger partial charge on any atom is 0.127 e. The molecule has 1 N–H and O–H groups in total. The van der Waals surface area contributed by atoms with Crippen LogP contribution in [0.1, 0.15) is 27.2 Å². The lowest BCUT2D eigenvalue weighted by molar-refractivity contribution is 0.204. The summed E-state index contributed by atoms with van der Waals surface area (Å²) in [5, 5.41) is 3.32. The van der Waals surface area contributed by atoms with E-state index in [1.54, 1.807) is 7.11 Å². The predicted molar refractivity (Wildman–Crippen MR) is 77.4 cm³/mol. The van der Waals surface area contributed by atoms with Gasteiger partial charge in [-0.15, -0.1) is 0 Å². The average molecular weight is 251 g/mol. The van der Waals surface area contributed by atoms with Gasteiger partial charge in [0.1, 0.15) is 5.82 Å². The quantitative estimate of drug-likeness (QED) is 0.771. The molecule has 0 unspecified atom stereocenters. The zero-order chi connectivity index (χ0) is 13.4. The minimum Gasteiger partial charge on any atom is -0.383 e. The summed E-state index contributed by atoms with van der Waals surface area (Å²) in [4.78, 5) is 6.65. The van der Waals surface area contributed by atoms with Crippen molar-refractivity contribution in [3.63, 3.8) is 0 Å². The van der Waals surface area contributed by atoms with Gasteiger partial charge in [0, 0.05) is 44.2 Å². The van der Waals surface area contributed by atoms with Crippen LogP contribution < -0.4 is 10.2 Å². The highest BCUT2D eigenvalue weighted by Gasteiger charge is 2.10. The molecule has 1 heterocycles. The highest BCUT2D eigenvalue weighted by molar-refractivity contribution is 5.54. The van der Waals surface area contributed by atoms with Crippen molar-refractivity contribution in [1.82, 2.24) is 4.98 Å². The van der Waals surface area contributed by atoms with E-state index in [4.69, 9.17) is 4.74 Å². The number of methoxy groups -OCH3 is 1. The number of ether oxygens (including phenoxy) is 1. The molecular formula is C14H25N3O. The van der Waals surface area contributed by atoms with Gasteiger partial charge in [-0.3, -0.25) is 0 Å². The number of hydrogen-bond acceptors (Lipinski definition) is 4. The van der Waals surface area contributed by atoms with Crippen LogP contribution in [0.3, 0.4) is 0 Å². The molecular weight excluding hydrogens is 226 g/mol. The van der Waals surface area contributed by atoms with Crippen LogP contribution in [-0.2, 0) is 4.74 Å². The van der Waals surface area contributed by atoms with Crippen LogP contribution in [-0.4, -0.2) is 37.8 Å². The molecule has 1 aromatic rings. The third-order valence-electron chi connectivity index (χ3n) is 2.79. The highest BCUT2D eigenvalue weighted by Crippen LogP contribution is 2.19. The molecule has 18 heavy (non-hydrogen) atoms. The number of hydrogen-bond donors (Lipinski definition) is 1. The summed E-state index contributed by atoms with van der Waals surface area (Å²) in [5.41, 5.74) is 1.19. The van der Waals surface area contributed by atoms with Gasteiger partial charge in [-0.25, -0.2) is 4.98 Å². The summed E-state index contributed by atoms with van der Waals surface area (Å²) in [6.07, 6.45) is 2.96. The van der Waals surface area contributed by atoms with E-state index in [0.717, 1.165) is 31.9 Å². The first-order valence-corrected chi connectivity index (χ1v) is 6.64. The lowest BCUT2D eigenvalue weighted by atomic mass is 10.2. The summed E-state index contributed by atoms with van der Waals surface area (Å²) >= 11 is 0. The second-order valence-electron chi connectivity index (χ2n) is 4.61. The van der Waals surface area contributed by atoms with Crippen LogP contribution in [0.25, 0.3) is 0 Å². The van der Waals surface area contributed by atoms with Crippen molar-refractivity contribution in [3.8, 4) is 0 Å². The standard InChI is InChI=1S/C14H25N3O/c1-5-7-15-14-11-13(6-8-16-14)17(12(2)3)9-10-18-4/h6,8,11-12H,5,7,9-10H2,1-4H3,(H,15,16). The number of anilines is 2. The fourth-order valence-corrected chi connectivity index (χ4v) is 1.82. The Kier molecular flexibility index (Phi) is 6.50. The van der Waals surface area contributed by atoms with Crippen molar-refractivity contribution < 1.29 is 4.74 Å². The zero-order valence-corrected chi connectivity index (χ0v) is 11.9. The first-order valence-electron chi connectivity index (χ1n) is 6.64. The van der Waals surface area contributed by atoms with Crippen molar-refractivity contribution in [3.05, 3.63) is 18.3 Å². The minimum atomic E-state index is 0.446. The van der Waals surface area contributed by atoms with Crippen LogP contribution in [0.5, 0.6) is 0 Å². The molecule has 0 saturated carbocycles. The van der Waals surface area contributed by atoms with E-state index >= 15 is 0 Å². The Morgan fingerprint density at radius 1 is 1.44 bits per heavy atom. The van der Waals surface area contributed by atoms with Crippen molar-refractivity contribution in [1.29, 1.82) is 0 Å². The fraction of sp³-hybridized carbons (Fsp3) is 0.643. The van der Waals surface area contributed by atoms with Gasteiger partial charge < -0.3 is 15.0 Å². The van der Waals surface area contributed by atoms with E-state index in [2.05, 4.69) is 42.0 Å². The van der Waals surface area contributed by atoms with Gasteiger partial charge in [0.05, 0.1) is 6.61 Å². The van der Waals surface area contributed by atoms with Crippen molar-refractivity contribution in [2.75, 3.05) is 37.0 Å². The number of aromatic nitrogens is 1. The summed E-state index contributed by atoms with van der Waals surface area (Å²) in [6, 6.07) is 4.60. The van der Waals surface area contributed by atoms with Crippen LogP contribution >= 0.6 is 0 Å². The van der Waals surface area contributed by atoms with Crippen molar-refractivity contribution in [2.45, 2.75) is 33.2 Å². The van der Waals surface area contributed by atoms with E-state index in [1.165, 1.54) is 5.69 Å². The Labute approximate surface area is 110 Å². The Balaban J connectivity index is 2.77. The van der Waals surface area contributed by atoms with Crippen LogP contribution in [0, 0.1) is 0 Å². The van der Waals surface area contributed by atoms with Gasteiger partial charge in [0.2, 0.25) is 0 Å². The number of rotatable bonds is 8. The SMILES string of the molecule is CCCNc1cc(N(CCOC)C(C)C)ccn1. The molecule has 1 aromatic heterocycles. The van der Waals surface area contributed by atoms with Crippen LogP contribution in [0.4, 0.5) is 11.5 Å². The van der Waals surface area contributed by atoms with Gasteiger partial charge in [-0.1, -0.05) is 6.92 Å². The fourth-order valence-electron chi connectivity index (χ4n) is 1.82. The molecule has 0 aliphatic carbocycles. The van der Waals surface area contributed by atoms with E-state index in [-0.39, 0.29) is 0 Å². The Morgan fingerprint density at radius 2 is 2.22 bits per heavy atom.